The van der Waals surface area contributed by atoms with Gasteiger partial charge in [0, 0.05) is 6.07 Å². The summed E-state index contributed by atoms with van der Waals surface area (Å²) in [6.07, 6.45) is 2.89. The molecule has 77 valence electrons. The van der Waals surface area contributed by atoms with Gasteiger partial charge in [0.25, 0.3) is 10.1 Å². The lowest BCUT2D eigenvalue weighted by molar-refractivity contribution is 0.483. The molecule has 0 aliphatic rings. The molecule has 0 spiro atoms. The van der Waals surface area contributed by atoms with Crippen LogP contribution < -0.4 is 0 Å². The average Bonchev–Trinajstić information content (AvgIpc) is 2.14. The second-order valence-electron chi connectivity index (χ2n) is 3.14. The topological polar surface area (TPSA) is 54.4 Å². The van der Waals surface area contributed by atoms with Crippen LogP contribution in [0.1, 0.15) is 25.3 Å². The predicted octanol–water partition coefficient (Wildman–Crippen LogP) is 2.08. The third-order valence-electron chi connectivity index (χ3n) is 1.94. The molecule has 0 saturated carbocycles. The molecular weight excluding hydrogens is 200 g/mol. The van der Waals surface area contributed by atoms with Crippen LogP contribution in [-0.2, 0) is 16.5 Å². The summed E-state index contributed by atoms with van der Waals surface area (Å²) >= 11 is 0. The van der Waals surface area contributed by atoms with Crippen LogP contribution in [0.2, 0.25) is 0 Å². The highest BCUT2D eigenvalue weighted by Crippen LogP contribution is 2.12. The molecule has 1 N–H and O–H groups in total. The minimum Gasteiger partial charge on any atom is -0.282 e. The Hall–Kier alpha value is -0.870. The molecule has 0 bridgehead atoms. The highest BCUT2D eigenvalue weighted by molar-refractivity contribution is 7.85. The van der Waals surface area contributed by atoms with Gasteiger partial charge in [0.1, 0.15) is 4.90 Å². The minimum atomic E-state index is -4.11. The van der Waals surface area contributed by atoms with Crippen LogP contribution in [0.3, 0.4) is 0 Å². The van der Waals surface area contributed by atoms with Crippen molar-refractivity contribution in [2.45, 2.75) is 31.1 Å². The van der Waals surface area contributed by atoms with E-state index < -0.39 is 10.1 Å². The number of hydrogen-bond donors (Lipinski definition) is 1. The van der Waals surface area contributed by atoms with Gasteiger partial charge in [-0.2, -0.15) is 8.42 Å². The summed E-state index contributed by atoms with van der Waals surface area (Å²) in [5, 5.41) is 0. The summed E-state index contributed by atoms with van der Waals surface area (Å²) in [6.45, 7) is 2.07. The number of hydrogen-bond acceptors (Lipinski definition) is 2. The van der Waals surface area contributed by atoms with Crippen molar-refractivity contribution in [1.29, 1.82) is 0 Å². The maximum atomic E-state index is 10.8. The molecule has 1 rings (SSSR count). The fourth-order valence-electron chi connectivity index (χ4n) is 1.17. The van der Waals surface area contributed by atoms with Gasteiger partial charge in [-0.15, -0.1) is 0 Å². The van der Waals surface area contributed by atoms with E-state index in [1.54, 1.807) is 0 Å². The first-order chi connectivity index (χ1) is 6.54. The van der Waals surface area contributed by atoms with Crippen molar-refractivity contribution < 1.29 is 13.0 Å². The third-order valence-corrected chi connectivity index (χ3v) is 2.73. The van der Waals surface area contributed by atoms with Gasteiger partial charge in [0.05, 0.1) is 0 Å². The van der Waals surface area contributed by atoms with E-state index in [9.17, 15) is 8.42 Å². The first-order valence-corrected chi connectivity index (χ1v) is 5.96. The lowest BCUT2D eigenvalue weighted by atomic mass is 10.1. The maximum absolute atomic E-state index is 10.8. The molecule has 0 aliphatic carbocycles. The molecule has 1 aromatic rings. The quantitative estimate of drug-likeness (QED) is 0.779. The summed E-state index contributed by atoms with van der Waals surface area (Å²) in [7, 11) is -4.11. The number of rotatable bonds is 4. The zero-order chi connectivity index (χ0) is 10.6. The van der Waals surface area contributed by atoms with E-state index in [4.69, 9.17) is 4.55 Å². The van der Waals surface area contributed by atoms with Gasteiger partial charge in [0.2, 0.25) is 0 Å². The Bertz CT molecular complexity index is 396. The standard InChI is InChI=1S/C10H13O3S/c1-2-3-5-9-6-4-7-10(8-9)14(11,12)13/h4,6,8H,2-3,5H2,1H3,(H,11,12,13). The second-order valence-corrected chi connectivity index (χ2v) is 4.53. The van der Waals surface area contributed by atoms with Gasteiger partial charge in [-0.3, -0.25) is 4.55 Å². The lowest BCUT2D eigenvalue weighted by Crippen LogP contribution is -1.99. The van der Waals surface area contributed by atoms with Crippen LogP contribution in [0.5, 0.6) is 0 Å². The first-order valence-electron chi connectivity index (χ1n) is 4.52. The molecule has 0 amide bonds. The minimum absolute atomic E-state index is 0.147. The van der Waals surface area contributed by atoms with E-state index in [0.29, 0.717) is 0 Å². The molecule has 0 unspecified atom stereocenters. The van der Waals surface area contributed by atoms with Crippen molar-refractivity contribution in [2.75, 3.05) is 0 Å². The Balaban J connectivity index is 2.90. The van der Waals surface area contributed by atoms with Crippen molar-refractivity contribution in [1.82, 2.24) is 0 Å². The van der Waals surface area contributed by atoms with E-state index in [-0.39, 0.29) is 4.90 Å². The van der Waals surface area contributed by atoms with E-state index >= 15 is 0 Å². The summed E-state index contributed by atoms with van der Waals surface area (Å²) < 4.78 is 30.3. The zero-order valence-electron chi connectivity index (χ0n) is 8.03. The molecular formula is C10H13O3S. The summed E-state index contributed by atoms with van der Waals surface area (Å²) in [5.41, 5.74) is 0.915. The van der Waals surface area contributed by atoms with Gasteiger partial charge in [-0.25, -0.2) is 0 Å². The molecule has 0 saturated heterocycles. The van der Waals surface area contributed by atoms with Gasteiger partial charge < -0.3 is 0 Å². The van der Waals surface area contributed by atoms with Crippen LogP contribution in [0.4, 0.5) is 0 Å². The number of unbranched alkanes of at least 4 members (excludes halogenated alkanes) is 1. The van der Waals surface area contributed by atoms with Crippen molar-refractivity contribution in [3.05, 3.63) is 29.8 Å². The van der Waals surface area contributed by atoms with Crippen LogP contribution in [0, 0.1) is 6.07 Å². The summed E-state index contributed by atoms with van der Waals surface area (Å²) in [5.74, 6) is 0. The van der Waals surface area contributed by atoms with Crippen LogP contribution in [-0.4, -0.2) is 13.0 Å². The number of aryl methyl sites for hydroxylation is 1. The predicted molar refractivity (Wildman–Crippen MR) is 53.7 cm³/mol. The Labute approximate surface area is 84.5 Å². The molecule has 0 aliphatic heterocycles. The van der Waals surface area contributed by atoms with Gasteiger partial charge in [-0.05, 0) is 24.5 Å². The van der Waals surface area contributed by atoms with Crippen LogP contribution >= 0.6 is 0 Å². The fraction of sp³-hybridized carbons (Fsp3) is 0.400. The summed E-state index contributed by atoms with van der Waals surface area (Å²) in [4.78, 5) is -0.147. The highest BCUT2D eigenvalue weighted by Gasteiger charge is 2.09. The van der Waals surface area contributed by atoms with Crippen molar-refractivity contribution in [3.8, 4) is 0 Å². The molecule has 1 radical (unpaired) electrons. The highest BCUT2D eigenvalue weighted by atomic mass is 32.2. The molecule has 0 atom stereocenters. The SMILES string of the molecule is CCCCc1cc[c]c(S(=O)(=O)O)c1. The molecule has 0 heterocycles. The number of benzene rings is 1. The van der Waals surface area contributed by atoms with Gasteiger partial charge in [0.15, 0.2) is 0 Å². The van der Waals surface area contributed by atoms with Crippen molar-refractivity contribution in [2.24, 2.45) is 0 Å². The average molecular weight is 213 g/mol. The van der Waals surface area contributed by atoms with E-state index in [0.717, 1.165) is 24.8 Å². The van der Waals surface area contributed by atoms with E-state index in [1.807, 2.05) is 6.07 Å². The van der Waals surface area contributed by atoms with Gasteiger partial charge in [-0.1, -0.05) is 25.5 Å². The Morgan fingerprint density at radius 3 is 2.79 bits per heavy atom. The largest absolute Gasteiger partial charge is 0.295 e. The molecule has 0 fully saturated rings. The lowest BCUT2D eigenvalue weighted by Gasteiger charge is -2.01. The monoisotopic (exact) mass is 213 g/mol. The zero-order valence-corrected chi connectivity index (χ0v) is 8.84. The van der Waals surface area contributed by atoms with E-state index in [2.05, 4.69) is 13.0 Å². The molecule has 4 heteroatoms. The van der Waals surface area contributed by atoms with Crippen molar-refractivity contribution in [3.63, 3.8) is 0 Å². The Morgan fingerprint density at radius 2 is 2.21 bits per heavy atom. The molecule has 14 heavy (non-hydrogen) atoms. The van der Waals surface area contributed by atoms with Gasteiger partial charge >= 0.3 is 0 Å². The Morgan fingerprint density at radius 1 is 1.50 bits per heavy atom. The van der Waals surface area contributed by atoms with Crippen LogP contribution in [0.15, 0.2) is 23.1 Å². The van der Waals surface area contributed by atoms with E-state index in [1.165, 1.54) is 12.1 Å². The smallest absolute Gasteiger partial charge is 0.282 e. The third kappa shape index (κ3) is 3.12. The second kappa shape index (κ2) is 4.57. The molecule has 1 aromatic carbocycles. The normalized spacial score (nSPS) is 11.6. The maximum Gasteiger partial charge on any atom is 0.295 e. The van der Waals surface area contributed by atoms with Crippen molar-refractivity contribution >= 4 is 10.1 Å². The van der Waals surface area contributed by atoms with Crippen LogP contribution in [0.25, 0.3) is 0 Å². The fourth-order valence-corrected chi connectivity index (χ4v) is 1.69. The molecule has 0 aromatic heterocycles. The molecule has 3 nitrogen and oxygen atoms in total. The Kier molecular flexibility index (Phi) is 3.66. The summed E-state index contributed by atoms with van der Waals surface area (Å²) in [6, 6.07) is 7.28. The first kappa shape index (κ1) is 11.2.